The lowest BCUT2D eigenvalue weighted by Gasteiger charge is -2.09. The second-order valence-electron chi connectivity index (χ2n) is 6.13. The summed E-state index contributed by atoms with van der Waals surface area (Å²) in [7, 11) is 0. The van der Waals surface area contributed by atoms with Gasteiger partial charge in [-0.25, -0.2) is 4.98 Å². The molecule has 6 nitrogen and oxygen atoms in total. The minimum absolute atomic E-state index is 0.100. The van der Waals surface area contributed by atoms with E-state index in [4.69, 9.17) is 16.3 Å². The van der Waals surface area contributed by atoms with E-state index in [9.17, 15) is 9.90 Å². The number of nitrogens with zero attached hydrogens (tertiary/aromatic N) is 3. The molecule has 28 heavy (non-hydrogen) atoms. The smallest absolute Gasteiger partial charge is 0.274 e. The molecule has 0 aliphatic heterocycles. The number of phenolic OH excluding ortho intramolecular Hbond substituents is 1. The number of phenols is 1. The van der Waals surface area contributed by atoms with Crippen LogP contribution in [-0.4, -0.2) is 26.1 Å². The Morgan fingerprint density at radius 2 is 2.25 bits per heavy atom. The molecule has 8 heteroatoms. The lowest BCUT2D eigenvalue weighted by atomic mass is 10.2. The van der Waals surface area contributed by atoms with Crippen molar-refractivity contribution in [3.05, 3.63) is 68.3 Å². The van der Waals surface area contributed by atoms with E-state index in [1.807, 2.05) is 19.1 Å². The average Bonchev–Trinajstić information content (AvgIpc) is 3.24. The van der Waals surface area contributed by atoms with Crippen molar-refractivity contribution in [1.29, 1.82) is 0 Å². The predicted molar refractivity (Wildman–Crippen MR) is 110 cm³/mol. The van der Waals surface area contributed by atoms with Crippen LogP contribution < -0.4 is 14.8 Å². The summed E-state index contributed by atoms with van der Waals surface area (Å²) in [4.78, 5) is 22.0. The first-order valence-electron chi connectivity index (χ1n) is 8.66. The third-order valence-electron chi connectivity index (χ3n) is 4.07. The molecule has 0 aliphatic rings. The molecule has 0 fully saturated rings. The number of hydrogen-bond donors (Lipinski definition) is 1. The molecule has 0 bridgehead atoms. The second kappa shape index (κ2) is 7.61. The predicted octanol–water partition coefficient (Wildman–Crippen LogP) is 3.51. The van der Waals surface area contributed by atoms with Gasteiger partial charge >= 0.3 is 0 Å². The fourth-order valence-electron chi connectivity index (χ4n) is 2.74. The number of rotatable bonds is 5. The third kappa shape index (κ3) is 3.46. The fraction of sp³-hybridized carbons (Fsp3) is 0.150. The highest BCUT2D eigenvalue weighted by molar-refractivity contribution is 7.15. The molecule has 0 aliphatic carbocycles. The van der Waals surface area contributed by atoms with Gasteiger partial charge in [0.2, 0.25) is 0 Å². The van der Waals surface area contributed by atoms with Crippen LogP contribution in [0.3, 0.4) is 0 Å². The molecule has 0 spiro atoms. The van der Waals surface area contributed by atoms with E-state index in [1.54, 1.807) is 36.8 Å². The molecular weight excluding hydrogens is 398 g/mol. The van der Waals surface area contributed by atoms with Gasteiger partial charge in [0.15, 0.2) is 16.5 Å². The van der Waals surface area contributed by atoms with Gasteiger partial charge in [-0.2, -0.15) is 0 Å². The Morgan fingerprint density at radius 1 is 1.39 bits per heavy atom. The van der Waals surface area contributed by atoms with Crippen molar-refractivity contribution in [2.45, 2.75) is 13.3 Å². The zero-order valence-electron chi connectivity index (χ0n) is 14.9. The van der Waals surface area contributed by atoms with E-state index in [0.717, 1.165) is 12.0 Å². The van der Waals surface area contributed by atoms with Crippen molar-refractivity contribution in [1.82, 2.24) is 14.4 Å². The van der Waals surface area contributed by atoms with Gasteiger partial charge in [0.05, 0.1) is 21.9 Å². The minimum atomic E-state index is -0.164. The van der Waals surface area contributed by atoms with Crippen LogP contribution in [0.1, 0.15) is 18.9 Å². The number of aromatic nitrogens is 3. The van der Waals surface area contributed by atoms with E-state index >= 15 is 0 Å². The summed E-state index contributed by atoms with van der Waals surface area (Å²) in [6.45, 7) is 2.43. The highest BCUT2D eigenvalue weighted by Crippen LogP contribution is 2.35. The molecule has 0 saturated carbocycles. The zero-order chi connectivity index (χ0) is 19.7. The number of hydrogen-bond acceptors (Lipinski definition) is 6. The van der Waals surface area contributed by atoms with Crippen LogP contribution in [0.2, 0.25) is 5.02 Å². The Kier molecular flexibility index (Phi) is 5.02. The maximum Gasteiger partial charge on any atom is 0.274 e. The standard InChI is InChI=1S/C20H16ClN3O3S/c1-2-6-27-16-8-12(7-14(21)18(16)25)9-17-19(26)24-11-15(23-20(24)28-17)13-4-3-5-22-10-13/h3-5,7-11,25H,2,6H2,1H3. The fourth-order valence-corrected chi connectivity index (χ4v) is 3.91. The summed E-state index contributed by atoms with van der Waals surface area (Å²) in [5.74, 6) is 0.199. The number of benzene rings is 1. The molecule has 3 aromatic heterocycles. The van der Waals surface area contributed by atoms with Crippen LogP contribution in [0.4, 0.5) is 0 Å². The summed E-state index contributed by atoms with van der Waals surface area (Å²) >= 11 is 7.39. The summed E-state index contributed by atoms with van der Waals surface area (Å²) in [5.41, 5.74) is 2.06. The lowest BCUT2D eigenvalue weighted by Crippen LogP contribution is -2.22. The summed E-state index contributed by atoms with van der Waals surface area (Å²) in [5, 5.41) is 10.2. The molecule has 0 saturated heterocycles. The number of aromatic hydroxyl groups is 1. The van der Waals surface area contributed by atoms with E-state index in [0.29, 0.717) is 33.1 Å². The summed E-state index contributed by atoms with van der Waals surface area (Å²) < 4.78 is 7.57. The number of imidazole rings is 1. The first kappa shape index (κ1) is 18.5. The maximum absolute atomic E-state index is 12.8. The van der Waals surface area contributed by atoms with Crippen LogP contribution in [0.15, 0.2) is 47.7 Å². The number of pyridine rings is 1. The summed E-state index contributed by atoms with van der Waals surface area (Å²) in [6.07, 6.45) is 7.63. The Labute approximate surface area is 169 Å². The Morgan fingerprint density at radius 3 is 2.96 bits per heavy atom. The highest BCUT2D eigenvalue weighted by atomic mass is 35.5. The molecule has 4 rings (SSSR count). The quantitative estimate of drug-likeness (QED) is 0.541. The first-order chi connectivity index (χ1) is 13.6. The van der Waals surface area contributed by atoms with Crippen molar-refractivity contribution < 1.29 is 9.84 Å². The lowest BCUT2D eigenvalue weighted by molar-refractivity contribution is 0.299. The van der Waals surface area contributed by atoms with Crippen LogP contribution >= 0.6 is 22.9 Å². The van der Waals surface area contributed by atoms with Crippen molar-refractivity contribution in [3.8, 4) is 22.8 Å². The van der Waals surface area contributed by atoms with Crippen LogP contribution in [-0.2, 0) is 0 Å². The Hall–Kier alpha value is -2.90. The molecule has 4 aromatic rings. The topological polar surface area (TPSA) is 76.7 Å². The van der Waals surface area contributed by atoms with Gasteiger partial charge in [-0.3, -0.25) is 14.2 Å². The van der Waals surface area contributed by atoms with Gasteiger partial charge in [0, 0.05) is 24.2 Å². The van der Waals surface area contributed by atoms with Gasteiger partial charge in [0.1, 0.15) is 0 Å². The van der Waals surface area contributed by atoms with E-state index in [-0.39, 0.29) is 16.3 Å². The minimum Gasteiger partial charge on any atom is -0.503 e. The number of thiazole rings is 1. The Bertz CT molecular complexity index is 1250. The van der Waals surface area contributed by atoms with Gasteiger partial charge in [-0.15, -0.1) is 0 Å². The van der Waals surface area contributed by atoms with Crippen molar-refractivity contribution in [3.63, 3.8) is 0 Å². The number of ether oxygens (including phenoxy) is 1. The molecule has 0 radical (unpaired) electrons. The largest absolute Gasteiger partial charge is 0.503 e. The van der Waals surface area contributed by atoms with Crippen molar-refractivity contribution >= 4 is 34.0 Å². The highest BCUT2D eigenvalue weighted by Gasteiger charge is 2.12. The van der Waals surface area contributed by atoms with Crippen molar-refractivity contribution in [2.24, 2.45) is 0 Å². The van der Waals surface area contributed by atoms with Crippen LogP contribution in [0.25, 0.3) is 22.3 Å². The van der Waals surface area contributed by atoms with Crippen LogP contribution in [0.5, 0.6) is 11.5 Å². The SMILES string of the molecule is CCCOc1cc(C=c2sc3nc(-c4cccnc4)cn3c2=O)cc(Cl)c1O. The molecule has 3 heterocycles. The maximum atomic E-state index is 12.8. The number of halogens is 1. The normalized spacial score (nSPS) is 12.0. The van der Waals surface area contributed by atoms with Gasteiger partial charge < -0.3 is 9.84 Å². The molecule has 1 N–H and O–H groups in total. The number of fused-ring (bicyclic) bond motifs is 1. The van der Waals surface area contributed by atoms with Crippen LogP contribution in [0, 0.1) is 0 Å². The molecule has 1 aromatic carbocycles. The van der Waals surface area contributed by atoms with E-state index in [2.05, 4.69) is 9.97 Å². The Balaban J connectivity index is 1.76. The molecule has 142 valence electrons. The zero-order valence-corrected chi connectivity index (χ0v) is 16.5. The first-order valence-corrected chi connectivity index (χ1v) is 9.85. The van der Waals surface area contributed by atoms with Crippen molar-refractivity contribution in [2.75, 3.05) is 6.61 Å². The monoisotopic (exact) mass is 413 g/mol. The van der Waals surface area contributed by atoms with E-state index < -0.39 is 0 Å². The van der Waals surface area contributed by atoms with E-state index in [1.165, 1.54) is 15.7 Å². The van der Waals surface area contributed by atoms with Gasteiger partial charge in [-0.1, -0.05) is 29.9 Å². The van der Waals surface area contributed by atoms with Gasteiger partial charge in [0.25, 0.3) is 5.56 Å². The average molecular weight is 414 g/mol. The molecule has 0 atom stereocenters. The second-order valence-corrected chi connectivity index (χ2v) is 7.55. The van der Waals surface area contributed by atoms with Gasteiger partial charge in [-0.05, 0) is 42.3 Å². The third-order valence-corrected chi connectivity index (χ3v) is 5.34. The molecule has 0 unspecified atom stereocenters. The molecular formula is C20H16ClN3O3S. The summed E-state index contributed by atoms with van der Waals surface area (Å²) in [6, 6.07) is 6.98. The molecule has 0 amide bonds.